The molecule has 130 valence electrons. The van der Waals surface area contributed by atoms with Gasteiger partial charge in [0.05, 0.1) is 35.0 Å². The number of hydrogen-bond donors (Lipinski definition) is 1. The molecular weight excluding hydrogens is 308 g/mol. The Kier molecular flexibility index (Phi) is 6.32. The van der Waals surface area contributed by atoms with Crippen LogP contribution in [0.3, 0.4) is 0 Å². The van der Waals surface area contributed by atoms with Crippen LogP contribution in [-0.2, 0) is 19.4 Å². The summed E-state index contributed by atoms with van der Waals surface area (Å²) >= 11 is 0. The van der Waals surface area contributed by atoms with E-state index in [4.69, 9.17) is 18.9 Å². The zero-order valence-electron chi connectivity index (χ0n) is 14.6. The molecule has 0 saturated heterocycles. The Morgan fingerprint density at radius 3 is 1.96 bits per heavy atom. The van der Waals surface area contributed by atoms with Gasteiger partial charge in [-0.1, -0.05) is 6.07 Å². The smallest absolute Gasteiger partial charge is 0.164 e. The minimum atomic E-state index is -0.0445. The van der Waals surface area contributed by atoms with Gasteiger partial charge >= 0.3 is 0 Å². The maximum Gasteiger partial charge on any atom is 0.164 e. The molecule has 5 nitrogen and oxygen atoms in total. The number of ether oxygens (including phenoxy) is 4. The van der Waals surface area contributed by atoms with Gasteiger partial charge in [0, 0.05) is 11.6 Å². The SMILES string of the molecule is COc1cc(CCc2c(CO)ccc(OC)c2OC)cc(OC)c1. The number of aryl methyl sites for hydroxylation is 1. The highest BCUT2D eigenvalue weighted by Crippen LogP contribution is 2.35. The largest absolute Gasteiger partial charge is 0.497 e. The molecule has 0 atom stereocenters. The summed E-state index contributed by atoms with van der Waals surface area (Å²) < 4.78 is 21.5. The van der Waals surface area contributed by atoms with Crippen LogP contribution in [0.2, 0.25) is 0 Å². The lowest BCUT2D eigenvalue weighted by molar-refractivity contribution is 0.278. The van der Waals surface area contributed by atoms with Crippen molar-refractivity contribution in [1.82, 2.24) is 0 Å². The molecule has 5 heteroatoms. The van der Waals surface area contributed by atoms with E-state index in [9.17, 15) is 5.11 Å². The van der Waals surface area contributed by atoms with Crippen molar-refractivity contribution in [2.75, 3.05) is 28.4 Å². The average Bonchev–Trinajstić information content (AvgIpc) is 2.64. The van der Waals surface area contributed by atoms with Gasteiger partial charge in [0.1, 0.15) is 11.5 Å². The molecule has 0 heterocycles. The summed E-state index contributed by atoms with van der Waals surface area (Å²) in [5.41, 5.74) is 2.86. The molecule has 0 fully saturated rings. The second kappa shape index (κ2) is 8.45. The number of rotatable bonds is 8. The van der Waals surface area contributed by atoms with Crippen LogP contribution in [0.15, 0.2) is 30.3 Å². The molecule has 0 radical (unpaired) electrons. The Balaban J connectivity index is 2.31. The van der Waals surface area contributed by atoms with Gasteiger partial charge < -0.3 is 24.1 Å². The molecule has 0 aromatic heterocycles. The number of aliphatic hydroxyl groups excluding tert-OH is 1. The fourth-order valence-electron chi connectivity index (χ4n) is 2.73. The Morgan fingerprint density at radius 1 is 0.792 bits per heavy atom. The van der Waals surface area contributed by atoms with Crippen molar-refractivity contribution in [2.24, 2.45) is 0 Å². The summed E-state index contributed by atoms with van der Waals surface area (Å²) in [5.74, 6) is 2.83. The van der Waals surface area contributed by atoms with Crippen molar-refractivity contribution < 1.29 is 24.1 Å². The average molecular weight is 332 g/mol. The van der Waals surface area contributed by atoms with E-state index >= 15 is 0 Å². The molecule has 24 heavy (non-hydrogen) atoms. The third kappa shape index (κ3) is 3.92. The Morgan fingerprint density at radius 2 is 1.46 bits per heavy atom. The van der Waals surface area contributed by atoms with Crippen LogP contribution in [0.4, 0.5) is 0 Å². The number of aliphatic hydroxyl groups is 1. The molecule has 0 aliphatic heterocycles. The summed E-state index contributed by atoms with van der Waals surface area (Å²) in [7, 11) is 6.48. The lowest BCUT2D eigenvalue weighted by Crippen LogP contribution is -2.03. The zero-order chi connectivity index (χ0) is 17.5. The standard InChI is InChI=1S/C19H24O5/c1-21-15-9-13(10-16(11-15)22-2)5-7-17-14(12-20)6-8-18(23-3)19(17)24-4/h6,8-11,20H,5,7,12H2,1-4H3. The topological polar surface area (TPSA) is 57.2 Å². The van der Waals surface area contributed by atoms with Crippen molar-refractivity contribution in [3.63, 3.8) is 0 Å². The third-order valence-electron chi connectivity index (χ3n) is 3.99. The highest BCUT2D eigenvalue weighted by molar-refractivity contribution is 5.51. The second-order valence-corrected chi connectivity index (χ2v) is 5.32. The molecule has 0 aliphatic rings. The van der Waals surface area contributed by atoms with Gasteiger partial charge in [0.15, 0.2) is 11.5 Å². The minimum Gasteiger partial charge on any atom is -0.497 e. The first-order chi connectivity index (χ1) is 11.7. The highest BCUT2D eigenvalue weighted by atomic mass is 16.5. The Hall–Kier alpha value is -2.40. The first-order valence-electron chi connectivity index (χ1n) is 7.72. The van der Waals surface area contributed by atoms with Crippen molar-refractivity contribution in [3.8, 4) is 23.0 Å². The van der Waals surface area contributed by atoms with E-state index < -0.39 is 0 Å². The lowest BCUT2D eigenvalue weighted by Gasteiger charge is -2.16. The molecule has 0 spiro atoms. The summed E-state index contributed by atoms with van der Waals surface area (Å²) in [6.45, 7) is -0.0445. The van der Waals surface area contributed by atoms with E-state index in [1.165, 1.54) is 0 Å². The van der Waals surface area contributed by atoms with E-state index in [2.05, 4.69) is 0 Å². The van der Waals surface area contributed by atoms with Gasteiger partial charge in [-0.2, -0.15) is 0 Å². The highest BCUT2D eigenvalue weighted by Gasteiger charge is 2.15. The fraction of sp³-hybridized carbons (Fsp3) is 0.368. The molecule has 0 saturated carbocycles. The van der Waals surface area contributed by atoms with E-state index in [0.717, 1.165) is 34.6 Å². The maximum absolute atomic E-state index is 9.63. The van der Waals surface area contributed by atoms with Crippen molar-refractivity contribution >= 4 is 0 Å². The summed E-state index contributed by atoms with van der Waals surface area (Å²) in [6.07, 6.45) is 1.46. The Bertz CT molecular complexity index is 659. The number of methoxy groups -OCH3 is 4. The van der Waals surface area contributed by atoms with Gasteiger partial charge in [0.25, 0.3) is 0 Å². The second-order valence-electron chi connectivity index (χ2n) is 5.32. The summed E-state index contributed by atoms with van der Waals surface area (Å²) in [6, 6.07) is 9.47. The number of benzene rings is 2. The number of hydrogen-bond acceptors (Lipinski definition) is 5. The van der Waals surface area contributed by atoms with Crippen LogP contribution in [0.25, 0.3) is 0 Å². The van der Waals surface area contributed by atoms with Crippen LogP contribution in [0.1, 0.15) is 16.7 Å². The summed E-state index contributed by atoms with van der Waals surface area (Å²) in [4.78, 5) is 0. The molecule has 1 N–H and O–H groups in total. The quantitative estimate of drug-likeness (QED) is 0.805. The molecule has 0 unspecified atom stereocenters. The molecule has 2 rings (SSSR count). The molecule has 0 bridgehead atoms. The van der Waals surface area contributed by atoms with E-state index in [1.807, 2.05) is 30.3 Å². The molecular formula is C19H24O5. The molecule has 0 aliphatic carbocycles. The monoisotopic (exact) mass is 332 g/mol. The zero-order valence-corrected chi connectivity index (χ0v) is 14.6. The minimum absolute atomic E-state index is 0.0445. The van der Waals surface area contributed by atoms with Gasteiger partial charge in [-0.05, 0) is 42.2 Å². The fourth-order valence-corrected chi connectivity index (χ4v) is 2.73. The Labute approximate surface area is 142 Å². The molecule has 2 aromatic rings. The van der Waals surface area contributed by atoms with Crippen LogP contribution in [0.5, 0.6) is 23.0 Å². The molecule has 2 aromatic carbocycles. The summed E-state index contributed by atoms with van der Waals surface area (Å²) in [5, 5.41) is 9.63. The van der Waals surface area contributed by atoms with Crippen molar-refractivity contribution in [2.45, 2.75) is 19.4 Å². The van der Waals surface area contributed by atoms with Gasteiger partial charge in [-0.15, -0.1) is 0 Å². The normalized spacial score (nSPS) is 10.4. The van der Waals surface area contributed by atoms with Crippen molar-refractivity contribution in [1.29, 1.82) is 0 Å². The van der Waals surface area contributed by atoms with Gasteiger partial charge in [-0.25, -0.2) is 0 Å². The van der Waals surface area contributed by atoms with Crippen LogP contribution < -0.4 is 18.9 Å². The lowest BCUT2D eigenvalue weighted by atomic mass is 9.98. The van der Waals surface area contributed by atoms with E-state index in [-0.39, 0.29) is 6.61 Å². The predicted octanol–water partition coefficient (Wildman–Crippen LogP) is 3.00. The van der Waals surface area contributed by atoms with E-state index in [0.29, 0.717) is 17.9 Å². The predicted molar refractivity (Wildman–Crippen MR) is 92.4 cm³/mol. The maximum atomic E-state index is 9.63. The van der Waals surface area contributed by atoms with Crippen LogP contribution in [-0.4, -0.2) is 33.5 Å². The third-order valence-corrected chi connectivity index (χ3v) is 3.99. The van der Waals surface area contributed by atoms with E-state index in [1.54, 1.807) is 28.4 Å². The first-order valence-corrected chi connectivity index (χ1v) is 7.72. The first kappa shape index (κ1) is 17.9. The van der Waals surface area contributed by atoms with Crippen LogP contribution in [0, 0.1) is 0 Å². The van der Waals surface area contributed by atoms with Gasteiger partial charge in [-0.3, -0.25) is 0 Å². The van der Waals surface area contributed by atoms with Crippen LogP contribution >= 0.6 is 0 Å². The van der Waals surface area contributed by atoms with Crippen molar-refractivity contribution in [3.05, 3.63) is 47.0 Å². The van der Waals surface area contributed by atoms with Gasteiger partial charge in [0.2, 0.25) is 0 Å². The molecule has 0 amide bonds.